The van der Waals surface area contributed by atoms with Gasteiger partial charge in [0.2, 0.25) is 0 Å². The van der Waals surface area contributed by atoms with Crippen LogP contribution in [0.5, 0.6) is 0 Å². The number of aromatic carboxylic acids is 2. The zero-order valence-corrected chi connectivity index (χ0v) is 27.8. The van der Waals surface area contributed by atoms with Crippen molar-refractivity contribution in [2.75, 3.05) is 0 Å². The van der Waals surface area contributed by atoms with Crippen molar-refractivity contribution in [2.45, 2.75) is 43.7 Å². The number of carboxylic acid groups (broad SMARTS) is 2. The van der Waals surface area contributed by atoms with Gasteiger partial charge in [-0.05, 0) is 52.9 Å². The quantitative estimate of drug-likeness (QED) is 0.0646. The van der Waals surface area contributed by atoms with Crippen LogP contribution >= 0.6 is 23.9 Å². The first kappa shape index (κ1) is 39.6. The van der Waals surface area contributed by atoms with Gasteiger partial charge >= 0.3 is 26.2 Å². The molecular formula is C33H40B2N2O8S2. The average Bonchev–Trinajstić information content (AvgIpc) is 3.08. The fourth-order valence-corrected chi connectivity index (χ4v) is 5.80. The topological polar surface area (TPSA) is 180 Å². The highest BCUT2D eigenvalue weighted by Gasteiger charge is 2.26. The van der Waals surface area contributed by atoms with E-state index in [0.717, 1.165) is 16.7 Å². The number of nitrogens with one attached hydrogen (secondary N) is 2. The van der Waals surface area contributed by atoms with Crippen LogP contribution in [0.15, 0.2) is 109 Å². The van der Waals surface area contributed by atoms with Crippen LogP contribution in [0, 0.1) is 0 Å². The van der Waals surface area contributed by atoms with E-state index in [-0.39, 0.29) is 11.1 Å². The van der Waals surface area contributed by atoms with Gasteiger partial charge in [0.25, 0.3) is 0 Å². The fourth-order valence-electron chi connectivity index (χ4n) is 4.05. The lowest BCUT2D eigenvalue weighted by molar-refractivity contribution is 0.0686. The van der Waals surface area contributed by atoms with E-state index in [1.54, 1.807) is 30.3 Å². The molecule has 0 bridgehead atoms. The molecule has 0 radical (unpaired) electrons. The van der Waals surface area contributed by atoms with Crippen molar-refractivity contribution in [1.82, 2.24) is 9.44 Å². The molecule has 248 valence electrons. The molecule has 0 aromatic heterocycles. The second-order valence-electron chi connectivity index (χ2n) is 9.84. The number of hydrogen-bond donors (Lipinski definition) is 8. The van der Waals surface area contributed by atoms with Crippen molar-refractivity contribution in [3.8, 4) is 0 Å². The number of hydrogen-bond acceptors (Lipinski definition) is 10. The molecule has 4 aromatic carbocycles. The van der Waals surface area contributed by atoms with E-state index in [4.69, 9.17) is 10.2 Å². The van der Waals surface area contributed by atoms with E-state index in [9.17, 15) is 29.7 Å². The summed E-state index contributed by atoms with van der Waals surface area (Å²) in [7, 11) is -3.17. The second kappa shape index (κ2) is 22.1. The highest BCUT2D eigenvalue weighted by Crippen LogP contribution is 2.20. The van der Waals surface area contributed by atoms with Gasteiger partial charge < -0.3 is 30.3 Å². The monoisotopic (exact) mass is 678 g/mol. The summed E-state index contributed by atoms with van der Waals surface area (Å²) in [6.45, 7) is 4.00. The van der Waals surface area contributed by atoms with Crippen LogP contribution in [0.4, 0.5) is 0 Å². The molecule has 4 rings (SSSR count). The molecule has 4 aromatic rings. The van der Waals surface area contributed by atoms with Crippen LogP contribution in [0.3, 0.4) is 0 Å². The molecule has 0 saturated carbocycles. The Balaban J connectivity index is 0.000000311. The number of carboxylic acids is 2. The predicted molar refractivity (Wildman–Crippen MR) is 191 cm³/mol. The molecular weight excluding hydrogens is 638 g/mol. The van der Waals surface area contributed by atoms with Crippen LogP contribution in [0.25, 0.3) is 0 Å². The predicted octanol–water partition coefficient (Wildman–Crippen LogP) is 4.65. The minimum Gasteiger partial charge on any atom is -0.478 e. The molecule has 0 aliphatic heterocycles. The van der Waals surface area contributed by atoms with Crippen LogP contribution in [-0.2, 0) is 17.9 Å². The number of carbonyl (C=O) groups is 2. The van der Waals surface area contributed by atoms with E-state index < -0.39 is 38.1 Å². The minimum atomic E-state index is -1.63. The molecule has 0 aliphatic carbocycles. The zero-order valence-electron chi connectivity index (χ0n) is 26.1. The summed E-state index contributed by atoms with van der Waals surface area (Å²) in [6.07, 6.45) is 0.320. The van der Waals surface area contributed by atoms with Crippen molar-refractivity contribution in [1.29, 1.82) is 0 Å². The van der Waals surface area contributed by atoms with E-state index in [2.05, 4.69) is 9.44 Å². The first-order valence-electron chi connectivity index (χ1n) is 14.8. The lowest BCUT2D eigenvalue weighted by Gasteiger charge is -2.18. The van der Waals surface area contributed by atoms with Gasteiger partial charge in [-0.1, -0.05) is 123 Å². The largest absolute Gasteiger partial charge is 0.478 e. The lowest BCUT2D eigenvalue weighted by Crippen LogP contribution is -2.42. The number of benzene rings is 4. The molecule has 0 fully saturated rings. The van der Waals surface area contributed by atoms with E-state index >= 15 is 0 Å². The summed E-state index contributed by atoms with van der Waals surface area (Å²) in [5, 5.41) is 56.1. The summed E-state index contributed by atoms with van der Waals surface area (Å²) in [5.41, 5.74) is 3.77. The highest BCUT2D eigenvalue weighted by molar-refractivity contribution is 7.96. The van der Waals surface area contributed by atoms with Gasteiger partial charge in [-0.3, -0.25) is 9.44 Å². The molecule has 0 amide bonds. The molecule has 0 aliphatic rings. The SMILES string of the molecule is CC.O=C(O)c1cccc(C(NSCc2ccccc2)B(O)O)c1.O=C(O)c1cccc(CC(NSCc2ccccc2)B(O)O)c1. The second-order valence-corrected chi connectivity index (χ2v) is 11.5. The summed E-state index contributed by atoms with van der Waals surface area (Å²) in [5.74, 6) is -2.06. The Labute approximate surface area is 284 Å². The lowest BCUT2D eigenvalue weighted by atomic mass is 9.75. The average molecular weight is 678 g/mol. The van der Waals surface area contributed by atoms with Gasteiger partial charge in [0.05, 0.1) is 23.0 Å². The first-order valence-corrected chi connectivity index (χ1v) is 16.8. The molecule has 47 heavy (non-hydrogen) atoms. The summed E-state index contributed by atoms with van der Waals surface area (Å²) in [4.78, 5) is 22.0. The van der Waals surface area contributed by atoms with Gasteiger partial charge in [0.15, 0.2) is 0 Å². The van der Waals surface area contributed by atoms with Crippen LogP contribution < -0.4 is 9.44 Å². The molecule has 0 spiro atoms. The summed E-state index contributed by atoms with van der Waals surface area (Å²) < 4.78 is 6.01. The van der Waals surface area contributed by atoms with E-state index in [0.29, 0.717) is 23.5 Å². The van der Waals surface area contributed by atoms with Crippen molar-refractivity contribution in [3.05, 3.63) is 143 Å². The van der Waals surface area contributed by atoms with Gasteiger partial charge in [0, 0.05) is 11.5 Å². The summed E-state index contributed by atoms with van der Waals surface area (Å²) in [6, 6.07) is 32.2. The molecule has 14 heteroatoms. The maximum Gasteiger partial charge on any atom is 0.475 e. The Morgan fingerprint density at radius 3 is 1.57 bits per heavy atom. The third-order valence-electron chi connectivity index (χ3n) is 6.39. The minimum absolute atomic E-state index is 0.109. The van der Waals surface area contributed by atoms with E-state index in [1.807, 2.05) is 74.5 Å². The number of rotatable bonds is 15. The van der Waals surface area contributed by atoms with Crippen LogP contribution in [-0.4, -0.2) is 62.4 Å². The van der Waals surface area contributed by atoms with E-state index in [1.165, 1.54) is 42.1 Å². The molecule has 2 unspecified atom stereocenters. The Bertz CT molecular complexity index is 1490. The Morgan fingerprint density at radius 2 is 1.09 bits per heavy atom. The molecule has 0 heterocycles. The maximum atomic E-state index is 11.0. The Hall–Kier alpha value is -3.59. The van der Waals surface area contributed by atoms with Gasteiger partial charge in [-0.25, -0.2) is 9.59 Å². The first-order chi connectivity index (χ1) is 22.6. The molecule has 2 atom stereocenters. The Kier molecular flexibility index (Phi) is 18.6. The smallest absolute Gasteiger partial charge is 0.475 e. The standard InChI is InChI=1S/C16H18BNO4S.C15H16BNO4S.C2H6/c19-16(20)14-8-4-7-13(9-14)10-15(17(21)22)18-23-11-12-5-2-1-3-6-12;18-15(19)13-8-4-7-12(9-13)14(16(20)21)17-22-10-11-5-2-1-3-6-11;1-2/h1-9,15,18,21-22H,10-11H2,(H,19,20);1-9,14,17,20-21H,10H2,(H,18,19);1-2H3. The maximum absolute atomic E-state index is 11.0. The van der Waals surface area contributed by atoms with Gasteiger partial charge in [0.1, 0.15) is 0 Å². The zero-order chi connectivity index (χ0) is 34.6. The molecule has 8 N–H and O–H groups in total. The normalized spacial score (nSPS) is 11.5. The van der Waals surface area contributed by atoms with Crippen molar-refractivity contribution in [3.63, 3.8) is 0 Å². The third kappa shape index (κ3) is 14.8. The highest BCUT2D eigenvalue weighted by atomic mass is 32.2. The summed E-state index contributed by atoms with van der Waals surface area (Å²) >= 11 is 2.72. The fraction of sp³-hybridized carbons (Fsp3) is 0.212. The van der Waals surface area contributed by atoms with Crippen LogP contribution in [0.2, 0.25) is 0 Å². The molecule has 0 saturated heterocycles. The Morgan fingerprint density at radius 1 is 0.617 bits per heavy atom. The van der Waals surface area contributed by atoms with Crippen molar-refractivity contribution < 1.29 is 39.9 Å². The van der Waals surface area contributed by atoms with Gasteiger partial charge in [-0.15, -0.1) is 0 Å². The van der Waals surface area contributed by atoms with Crippen molar-refractivity contribution >= 4 is 50.1 Å². The van der Waals surface area contributed by atoms with Crippen LogP contribution in [0.1, 0.15) is 62.8 Å². The van der Waals surface area contributed by atoms with Crippen molar-refractivity contribution in [2.24, 2.45) is 0 Å². The van der Waals surface area contributed by atoms with Gasteiger partial charge in [-0.2, -0.15) is 0 Å². The third-order valence-corrected chi connectivity index (χ3v) is 8.23. The molecule has 10 nitrogen and oxygen atoms in total.